The smallest absolute Gasteiger partial charge is 0.338 e. The van der Waals surface area contributed by atoms with E-state index in [0.29, 0.717) is 50.0 Å². The number of allylic oxidation sites excluding steroid dienone is 1. The van der Waals surface area contributed by atoms with Gasteiger partial charge in [0.2, 0.25) is 0 Å². The molecule has 1 atom stereocenters. The summed E-state index contributed by atoms with van der Waals surface area (Å²) in [5.74, 6) is 1.21. The average molecular weight is 616 g/mol. The number of fused-ring (bicyclic) bond motifs is 1. The third-order valence-corrected chi connectivity index (χ3v) is 7.42. The van der Waals surface area contributed by atoms with E-state index in [1.807, 2.05) is 45.0 Å². The van der Waals surface area contributed by atoms with Gasteiger partial charge in [-0.2, -0.15) is 0 Å². The summed E-state index contributed by atoms with van der Waals surface area (Å²) in [6.45, 7) is 9.95. The van der Waals surface area contributed by atoms with Gasteiger partial charge in [0.25, 0.3) is 5.56 Å². The Balaban J connectivity index is 1.96. The number of esters is 1. The molecule has 0 spiro atoms. The van der Waals surface area contributed by atoms with Crippen molar-refractivity contribution >= 4 is 39.3 Å². The van der Waals surface area contributed by atoms with Crippen molar-refractivity contribution < 1.29 is 23.7 Å². The van der Waals surface area contributed by atoms with E-state index in [9.17, 15) is 9.59 Å². The van der Waals surface area contributed by atoms with Crippen molar-refractivity contribution in [2.24, 2.45) is 4.99 Å². The molecule has 39 heavy (non-hydrogen) atoms. The van der Waals surface area contributed by atoms with E-state index >= 15 is 0 Å². The molecule has 0 bridgehead atoms. The number of carbonyl (C=O) groups excluding carboxylic acids is 1. The van der Waals surface area contributed by atoms with Gasteiger partial charge < -0.3 is 18.9 Å². The molecule has 8 nitrogen and oxygen atoms in total. The van der Waals surface area contributed by atoms with Crippen LogP contribution in [-0.4, -0.2) is 37.0 Å². The second-order valence-corrected chi connectivity index (χ2v) is 10.9. The zero-order valence-electron chi connectivity index (χ0n) is 22.7. The maximum atomic E-state index is 14.0. The van der Waals surface area contributed by atoms with Gasteiger partial charge in [-0.15, -0.1) is 0 Å². The highest BCUT2D eigenvalue weighted by Gasteiger charge is 2.34. The first kappa shape index (κ1) is 28.6. The van der Waals surface area contributed by atoms with Gasteiger partial charge in [0.1, 0.15) is 5.75 Å². The third-order valence-electron chi connectivity index (χ3n) is 5.94. The number of methoxy groups -OCH3 is 1. The van der Waals surface area contributed by atoms with Crippen LogP contribution in [-0.2, 0) is 9.53 Å². The van der Waals surface area contributed by atoms with E-state index in [4.69, 9.17) is 18.9 Å². The van der Waals surface area contributed by atoms with E-state index in [0.717, 1.165) is 10.0 Å². The highest BCUT2D eigenvalue weighted by molar-refractivity contribution is 9.10. The number of carbonyl (C=O) groups is 1. The summed E-state index contributed by atoms with van der Waals surface area (Å²) in [5, 5.41) is 0. The lowest BCUT2D eigenvalue weighted by Gasteiger charge is -2.25. The van der Waals surface area contributed by atoms with Gasteiger partial charge in [0.05, 0.1) is 48.3 Å². The Morgan fingerprint density at radius 1 is 1.13 bits per heavy atom. The summed E-state index contributed by atoms with van der Waals surface area (Å²) in [6, 6.07) is 10.3. The first-order chi connectivity index (χ1) is 18.7. The Morgan fingerprint density at radius 3 is 2.54 bits per heavy atom. The van der Waals surface area contributed by atoms with E-state index in [1.54, 1.807) is 43.7 Å². The minimum Gasteiger partial charge on any atom is -0.493 e. The molecular formula is C29H31BrN2O6S. The van der Waals surface area contributed by atoms with Gasteiger partial charge in [0.15, 0.2) is 16.3 Å². The van der Waals surface area contributed by atoms with Gasteiger partial charge in [-0.1, -0.05) is 33.3 Å². The second-order valence-electron chi connectivity index (χ2n) is 8.99. The van der Waals surface area contributed by atoms with Gasteiger partial charge in [-0.25, -0.2) is 9.79 Å². The van der Waals surface area contributed by atoms with E-state index in [2.05, 4.69) is 20.9 Å². The summed E-state index contributed by atoms with van der Waals surface area (Å²) >= 11 is 4.76. The average Bonchev–Trinajstić information content (AvgIpc) is 3.19. The van der Waals surface area contributed by atoms with Crippen molar-refractivity contribution in [1.82, 2.24) is 4.57 Å². The molecule has 0 saturated heterocycles. The van der Waals surface area contributed by atoms with E-state index < -0.39 is 12.0 Å². The minimum absolute atomic E-state index is 0.0562. The molecule has 206 valence electrons. The molecule has 1 aliphatic rings. The van der Waals surface area contributed by atoms with Crippen LogP contribution in [0, 0.1) is 0 Å². The molecular weight excluding hydrogens is 584 g/mol. The van der Waals surface area contributed by atoms with Gasteiger partial charge in [0, 0.05) is 10.0 Å². The topological polar surface area (TPSA) is 88.4 Å². The molecule has 2 aromatic carbocycles. The molecule has 0 N–H and O–H groups in total. The van der Waals surface area contributed by atoms with Crippen LogP contribution in [0.25, 0.3) is 6.08 Å². The zero-order valence-corrected chi connectivity index (χ0v) is 25.1. The molecule has 0 aliphatic carbocycles. The first-order valence-corrected chi connectivity index (χ1v) is 14.3. The fourth-order valence-electron chi connectivity index (χ4n) is 4.37. The summed E-state index contributed by atoms with van der Waals surface area (Å²) in [6.07, 6.45) is 1.74. The van der Waals surface area contributed by atoms with Crippen LogP contribution in [0.15, 0.2) is 61.9 Å². The van der Waals surface area contributed by atoms with Gasteiger partial charge in [-0.3, -0.25) is 9.36 Å². The fourth-order valence-corrected chi connectivity index (χ4v) is 5.79. The van der Waals surface area contributed by atoms with Gasteiger partial charge in [-0.05, 0) is 76.6 Å². The number of thiazole rings is 1. The van der Waals surface area contributed by atoms with Crippen molar-refractivity contribution in [2.45, 2.75) is 46.8 Å². The monoisotopic (exact) mass is 614 g/mol. The van der Waals surface area contributed by atoms with Crippen molar-refractivity contribution in [1.29, 1.82) is 0 Å². The summed E-state index contributed by atoms with van der Waals surface area (Å²) in [4.78, 5) is 32.3. The lowest BCUT2D eigenvalue weighted by molar-refractivity contribution is -0.139. The van der Waals surface area contributed by atoms with E-state index in [1.165, 1.54) is 11.3 Å². The summed E-state index contributed by atoms with van der Waals surface area (Å²) in [5.41, 5.74) is 1.94. The number of rotatable bonds is 9. The normalized spacial score (nSPS) is 15.2. The first-order valence-electron chi connectivity index (χ1n) is 12.6. The number of nitrogens with zero attached hydrogens (tertiary/aromatic N) is 2. The highest BCUT2D eigenvalue weighted by Crippen LogP contribution is 2.36. The SMILES string of the molecule is CCOC(=O)C1=C(C)N=c2s/c(=C\c3cc(Br)ccc3OCC)c(=O)n2[C@@H]1c1ccc(OC(C)C)c(OC)c1. The Hall–Kier alpha value is -3.37. The maximum absolute atomic E-state index is 14.0. The molecule has 0 saturated carbocycles. The number of aromatic nitrogens is 1. The van der Waals surface area contributed by atoms with Gasteiger partial charge >= 0.3 is 5.97 Å². The highest BCUT2D eigenvalue weighted by atomic mass is 79.9. The molecule has 4 rings (SSSR count). The number of ether oxygens (including phenoxy) is 4. The number of benzene rings is 2. The van der Waals surface area contributed by atoms with Crippen molar-refractivity contribution in [3.63, 3.8) is 0 Å². The van der Waals surface area contributed by atoms with Crippen LogP contribution < -0.4 is 29.1 Å². The van der Waals surface area contributed by atoms with Crippen LogP contribution in [0.1, 0.15) is 51.8 Å². The summed E-state index contributed by atoms with van der Waals surface area (Å²) < 4.78 is 25.5. The second kappa shape index (κ2) is 12.2. The number of halogens is 1. The zero-order chi connectivity index (χ0) is 28.3. The predicted molar refractivity (Wildman–Crippen MR) is 154 cm³/mol. The van der Waals surface area contributed by atoms with Crippen molar-refractivity contribution in [3.8, 4) is 17.2 Å². The largest absolute Gasteiger partial charge is 0.493 e. The molecule has 10 heteroatoms. The molecule has 1 aromatic heterocycles. The Bertz CT molecular complexity index is 1600. The third kappa shape index (κ3) is 5.96. The number of hydrogen-bond acceptors (Lipinski definition) is 8. The molecule has 2 heterocycles. The fraction of sp³-hybridized carbons (Fsp3) is 0.345. The van der Waals surface area contributed by atoms with Crippen molar-refractivity contribution in [3.05, 3.63) is 83.0 Å². The van der Waals surface area contributed by atoms with Crippen molar-refractivity contribution in [2.75, 3.05) is 20.3 Å². The minimum atomic E-state index is -0.765. The molecule has 0 radical (unpaired) electrons. The Kier molecular flexibility index (Phi) is 8.97. The summed E-state index contributed by atoms with van der Waals surface area (Å²) in [7, 11) is 1.55. The van der Waals surface area contributed by atoms with Crippen LogP contribution >= 0.6 is 27.3 Å². The van der Waals surface area contributed by atoms with Crippen LogP contribution in [0.3, 0.4) is 0 Å². The van der Waals surface area contributed by atoms with E-state index in [-0.39, 0.29) is 18.3 Å². The van der Waals surface area contributed by atoms with Crippen LogP contribution in [0.2, 0.25) is 0 Å². The standard InChI is InChI=1S/C29H31BrN2O6S/c1-7-36-21-12-10-20(30)13-19(21)15-24-27(33)32-26(18-9-11-22(38-16(3)4)23(14-18)35-6)25(28(34)37-8-2)17(5)31-29(32)39-24/h9-16,26H,7-8H2,1-6H3/b24-15-/t26-/m1/s1. The molecule has 3 aromatic rings. The van der Waals surface area contributed by atoms with Crippen LogP contribution in [0.4, 0.5) is 0 Å². The number of hydrogen-bond donors (Lipinski definition) is 0. The van der Waals surface area contributed by atoms with Crippen LogP contribution in [0.5, 0.6) is 17.2 Å². The lowest BCUT2D eigenvalue weighted by atomic mass is 9.95. The predicted octanol–water partition coefficient (Wildman–Crippen LogP) is 4.76. The Labute approximate surface area is 239 Å². The molecule has 1 aliphatic heterocycles. The maximum Gasteiger partial charge on any atom is 0.338 e. The molecule has 0 fully saturated rings. The molecule has 0 amide bonds. The Morgan fingerprint density at radius 2 is 1.87 bits per heavy atom. The quantitative estimate of drug-likeness (QED) is 0.323. The lowest BCUT2D eigenvalue weighted by Crippen LogP contribution is -2.40. The molecule has 0 unspecified atom stereocenters.